The molecule has 1 unspecified atom stereocenters. The van der Waals surface area contributed by atoms with Gasteiger partial charge < -0.3 is 75.4 Å². The van der Waals surface area contributed by atoms with Crippen molar-refractivity contribution in [3.63, 3.8) is 0 Å². The van der Waals surface area contributed by atoms with E-state index in [1.165, 1.54) is 32.9 Å². The average Bonchev–Trinajstić information content (AvgIpc) is 1.57. The summed E-state index contributed by atoms with van der Waals surface area (Å²) in [6.45, 7) is 8.90. The number of carbonyl (C=O) groups excluding carboxylic acids is 9. The topological polar surface area (TPSA) is 336 Å². The number of carbonyl (C=O) groups is 9. The van der Waals surface area contributed by atoms with E-state index in [-0.39, 0.29) is 84.5 Å². The van der Waals surface area contributed by atoms with Crippen molar-refractivity contribution in [3.05, 3.63) is 119 Å². The maximum atomic E-state index is 14.5. The lowest BCUT2D eigenvalue weighted by Gasteiger charge is -2.31. The zero-order valence-electron chi connectivity index (χ0n) is 59.3. The molecule has 7 N–H and O–H groups in total. The second kappa shape index (κ2) is 30.3. The molecule has 5 aromatic carbocycles. The van der Waals surface area contributed by atoms with Gasteiger partial charge in [-0.2, -0.15) is 0 Å². The molecular weight excluding hydrogens is 1330 g/mol. The summed E-state index contributed by atoms with van der Waals surface area (Å²) in [6.07, 6.45) is 4.93. The van der Waals surface area contributed by atoms with Gasteiger partial charge in [-0.1, -0.05) is 73.7 Å². The lowest BCUT2D eigenvalue weighted by atomic mass is 9.95. The number of hydrogen-bond acceptors (Lipinski definition) is 18. The maximum Gasteiger partial charge on any atom is 0.416 e. The van der Waals surface area contributed by atoms with Gasteiger partial charge in [0.2, 0.25) is 35.4 Å². The Morgan fingerprint density at radius 2 is 1.32 bits per heavy atom. The number of hydrogen-bond donors (Lipinski definition) is 7. The van der Waals surface area contributed by atoms with Gasteiger partial charge in [-0.05, 0) is 130 Å². The number of nitrogens with one attached hydrogen (secondary N) is 6. The molecule has 7 aliphatic rings. The van der Waals surface area contributed by atoms with E-state index < -0.39 is 79.0 Å². The minimum atomic E-state index is -1.47. The highest BCUT2D eigenvalue weighted by molar-refractivity contribution is 6.07. The van der Waals surface area contributed by atoms with Gasteiger partial charge in [-0.25, -0.2) is 14.4 Å². The number of aromatic nitrogens is 3. The fourth-order valence-electron chi connectivity index (χ4n) is 14.8. The first kappa shape index (κ1) is 71.6. The van der Waals surface area contributed by atoms with Crippen LogP contribution in [0.15, 0.2) is 97.1 Å². The Labute approximate surface area is 602 Å². The molecular formula is C76H89N13O15. The Hall–Kier alpha value is -10.8. The molecule has 5 atom stereocenters. The van der Waals surface area contributed by atoms with E-state index in [1.807, 2.05) is 66.4 Å². The summed E-state index contributed by atoms with van der Waals surface area (Å²) in [5.74, 6) is -2.71. The number of amides is 9. The number of anilines is 4. The number of aryl methyl sites for hydroxylation is 1. The first-order chi connectivity index (χ1) is 50.2. The molecule has 2 saturated heterocycles. The van der Waals surface area contributed by atoms with Gasteiger partial charge in [-0.15, -0.1) is 5.10 Å². The molecule has 6 aromatic rings. The molecule has 0 radical (unpaired) electrons. The summed E-state index contributed by atoms with van der Waals surface area (Å²) >= 11 is 0. The molecule has 13 rings (SSSR count). The van der Waals surface area contributed by atoms with Crippen molar-refractivity contribution in [1.82, 2.24) is 46.1 Å². The Morgan fingerprint density at radius 1 is 0.673 bits per heavy atom. The summed E-state index contributed by atoms with van der Waals surface area (Å²) in [5.41, 5.74) is 7.21. The van der Waals surface area contributed by atoms with Crippen molar-refractivity contribution in [3.8, 4) is 45.5 Å². The molecule has 2 saturated carbocycles. The minimum Gasteiger partial charge on any atom is -0.493 e. The van der Waals surface area contributed by atoms with Crippen LogP contribution in [0.2, 0.25) is 0 Å². The number of methoxy groups -OCH3 is 2. The van der Waals surface area contributed by atoms with Gasteiger partial charge in [0, 0.05) is 74.0 Å². The molecule has 6 heterocycles. The molecule has 28 heteroatoms. The summed E-state index contributed by atoms with van der Waals surface area (Å²) < 4.78 is 31.7. The van der Waals surface area contributed by atoms with Crippen LogP contribution >= 0.6 is 0 Å². The number of nitrogens with zero attached hydrogens (tertiary/aromatic N) is 7. The van der Waals surface area contributed by atoms with Crippen LogP contribution in [0, 0.1) is 16.7 Å². The molecule has 1 aromatic heterocycles. The van der Waals surface area contributed by atoms with Crippen LogP contribution in [0.1, 0.15) is 130 Å². The first-order valence-corrected chi connectivity index (χ1v) is 35.8. The zero-order valence-corrected chi connectivity index (χ0v) is 59.3. The van der Waals surface area contributed by atoms with E-state index in [1.54, 1.807) is 71.8 Å². The second-order valence-corrected chi connectivity index (χ2v) is 28.6. The monoisotopic (exact) mass is 1420 g/mol. The molecule has 2 aliphatic carbocycles. The zero-order chi connectivity index (χ0) is 73.1. The van der Waals surface area contributed by atoms with E-state index in [0.29, 0.717) is 97.0 Å². The summed E-state index contributed by atoms with van der Waals surface area (Å²) in [6, 6.07) is 25.5. The Morgan fingerprint density at radius 3 is 2.02 bits per heavy atom. The number of para-hydroxylation sites is 1. The van der Waals surface area contributed by atoms with Crippen molar-refractivity contribution in [2.45, 2.75) is 148 Å². The van der Waals surface area contributed by atoms with Crippen LogP contribution in [0.5, 0.6) is 23.0 Å². The molecule has 548 valence electrons. The van der Waals surface area contributed by atoms with Crippen molar-refractivity contribution in [2.24, 2.45) is 16.7 Å². The number of benzene rings is 5. The first-order valence-electron chi connectivity index (χ1n) is 35.8. The van der Waals surface area contributed by atoms with Crippen LogP contribution in [0.4, 0.5) is 27.5 Å². The summed E-state index contributed by atoms with van der Waals surface area (Å²) in [4.78, 5) is 129. The van der Waals surface area contributed by atoms with E-state index in [2.05, 4.69) is 42.2 Å². The smallest absolute Gasteiger partial charge is 0.416 e. The van der Waals surface area contributed by atoms with Gasteiger partial charge in [0.1, 0.15) is 24.4 Å². The quantitative estimate of drug-likeness (QED) is 0.0262. The molecule has 104 heavy (non-hydrogen) atoms. The Bertz CT molecular complexity index is 4320. The van der Waals surface area contributed by atoms with Gasteiger partial charge in [0.05, 0.1) is 87.0 Å². The lowest BCUT2D eigenvalue weighted by Crippen LogP contribution is -2.55. The van der Waals surface area contributed by atoms with Crippen LogP contribution in [0.25, 0.3) is 22.5 Å². The van der Waals surface area contributed by atoms with E-state index in [9.17, 15) is 48.3 Å². The van der Waals surface area contributed by atoms with Crippen LogP contribution in [-0.4, -0.2) is 174 Å². The normalized spacial score (nSPS) is 18.8. The number of rotatable bonds is 26. The molecule has 4 fully saturated rings. The third-order valence-electron chi connectivity index (χ3n) is 21.0. The van der Waals surface area contributed by atoms with Gasteiger partial charge in [0.25, 0.3) is 11.8 Å². The summed E-state index contributed by atoms with van der Waals surface area (Å²) in [5, 5.41) is 37.5. The maximum absolute atomic E-state index is 14.5. The number of aliphatic hydroxyl groups is 1. The fraction of sp³-hybridized carbons (Fsp3) is 0.461. The van der Waals surface area contributed by atoms with Crippen LogP contribution in [0.3, 0.4) is 0 Å². The molecule has 28 nitrogen and oxygen atoms in total. The van der Waals surface area contributed by atoms with Crippen molar-refractivity contribution in [1.29, 1.82) is 0 Å². The van der Waals surface area contributed by atoms with Crippen molar-refractivity contribution in [2.75, 3.05) is 80.6 Å². The molecule has 0 bridgehead atoms. The van der Waals surface area contributed by atoms with Crippen LogP contribution in [-0.2, 0) is 53.2 Å². The highest BCUT2D eigenvalue weighted by atomic mass is 16.6. The number of ether oxygens (including phenoxy) is 5. The summed E-state index contributed by atoms with van der Waals surface area (Å²) in [7, 11) is 3.03. The lowest BCUT2D eigenvalue weighted by molar-refractivity contribution is -0.132. The number of unbranched alkanes of at least 4 members (excludes halogenated alkanes) is 2. The second-order valence-electron chi connectivity index (χ2n) is 28.6. The third kappa shape index (κ3) is 15.2. The van der Waals surface area contributed by atoms with Gasteiger partial charge in [0.15, 0.2) is 29.2 Å². The molecule has 2 spiro atoms. The van der Waals surface area contributed by atoms with Gasteiger partial charge >= 0.3 is 6.09 Å². The highest BCUT2D eigenvalue weighted by Crippen LogP contribution is 2.58. The van der Waals surface area contributed by atoms with Gasteiger partial charge in [-0.3, -0.25) is 38.4 Å². The highest BCUT2D eigenvalue weighted by Gasteiger charge is 2.58. The minimum absolute atomic E-state index is 0.0183. The standard InChI is InChI=1S/C76H89N13O15/c1-7-88-68-51-17-11-12-18-55(51)85(40-47-15-9-10-16-50(47)67(68)83-84-88)65(93)24-23-62(90)78-38-63(91)79-39-64(92)82-66(44(2)3)70(95)80-45(4)69(94)81-48-21-19-46(20-22-48)41-104-74(99)89-56-34-61(59(101-6)32-53(56)72(97)87-43-76(27-28-76)36-57(87)73(89)98)103-30-14-8-13-29-102-60-33-54-52(31-58(60)100-5)71(96)86-42-75(25-26-75)35-49(86)37-77-54/h9-12,15-22,31-34,44-45,49,57,66,73,77,98H,7-8,13-14,23-30,35-43H2,1-6H3,(H,78,90)(H,79,91)(H,80,95)(H,81,94)(H,82,92)/t45-,49-,57-,66-,73?/m0/s1. The Kier molecular flexibility index (Phi) is 20.8. The number of aliphatic hydroxyl groups excluding tert-OH is 1. The van der Waals surface area contributed by atoms with Crippen LogP contribution < -0.4 is 60.6 Å². The predicted molar refractivity (Wildman–Crippen MR) is 383 cm³/mol. The van der Waals surface area contributed by atoms with E-state index >= 15 is 0 Å². The number of fused-ring (bicyclic) bond motifs is 9. The molecule has 9 amide bonds. The predicted octanol–water partition coefficient (Wildman–Crippen LogP) is 7.31. The SMILES string of the molecule is CCn1nnc2c1-c1ccccc1N(C(=O)CCC(=O)NCC(=O)NCC(=O)N[C@H](C(=O)N[C@@H](C)C(=O)Nc1ccc(COC(=O)N3c4cc(OCCCCCOc5cc6c(cc5OC)C(=O)N5CC7(CC7)C[C@H]5CN6)c(OC)cc4C(=O)N4CC5(CC5)C[C@H]4C3O)cc1)C(C)C)Cc1ccccc1-2. The fourth-order valence-corrected chi connectivity index (χ4v) is 14.8. The van der Waals surface area contributed by atoms with E-state index in [0.717, 1.165) is 58.8 Å². The largest absolute Gasteiger partial charge is 0.493 e. The Balaban J connectivity index is 0.556. The van der Waals surface area contributed by atoms with Crippen molar-refractivity contribution < 1.29 is 71.9 Å². The van der Waals surface area contributed by atoms with Crippen molar-refractivity contribution >= 4 is 76.1 Å². The molecule has 5 aliphatic heterocycles. The average molecular weight is 1420 g/mol. The van der Waals surface area contributed by atoms with E-state index in [4.69, 9.17) is 23.7 Å². The third-order valence-corrected chi connectivity index (χ3v) is 21.0.